The monoisotopic (exact) mass is 224 g/mol. The number of rotatable bonds is 3. The van der Waals surface area contributed by atoms with E-state index < -0.39 is 0 Å². The molecule has 0 fully saturated rings. The molecule has 0 saturated heterocycles. The van der Waals surface area contributed by atoms with E-state index in [1.807, 2.05) is 6.08 Å². The van der Waals surface area contributed by atoms with Gasteiger partial charge in [-0.15, -0.1) is 11.6 Å². The van der Waals surface area contributed by atoms with Crippen LogP contribution in [-0.4, -0.2) is 15.4 Å². The average molecular weight is 225 g/mol. The van der Waals surface area contributed by atoms with E-state index in [0.717, 1.165) is 18.8 Å². The maximum Gasteiger partial charge on any atom is 0.106 e. The Labute approximate surface area is 96.0 Å². The zero-order chi connectivity index (χ0) is 10.7. The summed E-state index contributed by atoms with van der Waals surface area (Å²) in [6.07, 6.45) is 9.05. The van der Waals surface area contributed by atoms with Crippen molar-refractivity contribution in [1.29, 1.82) is 0 Å². The summed E-state index contributed by atoms with van der Waals surface area (Å²) < 4.78 is 2.32. The minimum Gasteiger partial charge on any atom is -0.328 e. The first kappa shape index (κ1) is 10.7. The molecule has 2 rings (SSSR count). The standard InChI is InChI=1S/C12H17ClN2/c1-10-14-11-6-2-3-7-12(11)15(10)9-5-4-8-13/h4-5H,2-3,6-9H2,1H3/b5-4+. The number of halogens is 1. The Morgan fingerprint density at radius 2 is 2.13 bits per heavy atom. The molecule has 0 unspecified atom stereocenters. The third kappa shape index (κ3) is 2.25. The first-order chi connectivity index (χ1) is 7.33. The molecule has 2 nitrogen and oxygen atoms in total. The number of hydrogen-bond acceptors (Lipinski definition) is 1. The van der Waals surface area contributed by atoms with Crippen LogP contribution >= 0.6 is 11.6 Å². The molecule has 3 heteroatoms. The predicted molar refractivity (Wildman–Crippen MR) is 63.5 cm³/mol. The van der Waals surface area contributed by atoms with Crippen LogP contribution in [0.25, 0.3) is 0 Å². The van der Waals surface area contributed by atoms with Crippen molar-refractivity contribution in [2.75, 3.05) is 5.88 Å². The van der Waals surface area contributed by atoms with E-state index >= 15 is 0 Å². The molecule has 0 spiro atoms. The highest BCUT2D eigenvalue weighted by Gasteiger charge is 2.16. The van der Waals surface area contributed by atoms with Crippen molar-refractivity contribution >= 4 is 11.6 Å². The highest BCUT2D eigenvalue weighted by Crippen LogP contribution is 2.21. The second kappa shape index (κ2) is 4.84. The third-order valence-corrected chi connectivity index (χ3v) is 3.15. The number of alkyl halides is 1. The number of aryl methyl sites for hydroxylation is 2. The molecule has 1 aliphatic carbocycles. The van der Waals surface area contributed by atoms with Gasteiger partial charge in [-0.3, -0.25) is 0 Å². The summed E-state index contributed by atoms with van der Waals surface area (Å²) in [7, 11) is 0. The molecule has 0 aliphatic heterocycles. The van der Waals surface area contributed by atoms with E-state index in [2.05, 4.69) is 22.6 Å². The topological polar surface area (TPSA) is 17.8 Å². The molecule has 0 atom stereocenters. The molecular weight excluding hydrogens is 208 g/mol. The Balaban J connectivity index is 2.21. The summed E-state index contributed by atoms with van der Waals surface area (Å²) in [6.45, 7) is 3.01. The second-order valence-corrected chi connectivity index (χ2v) is 4.30. The zero-order valence-electron chi connectivity index (χ0n) is 9.17. The number of imidazole rings is 1. The average Bonchev–Trinajstić information content (AvgIpc) is 2.56. The van der Waals surface area contributed by atoms with E-state index in [4.69, 9.17) is 11.6 Å². The van der Waals surface area contributed by atoms with Crippen molar-refractivity contribution in [3.05, 3.63) is 29.4 Å². The van der Waals surface area contributed by atoms with Crippen molar-refractivity contribution in [2.24, 2.45) is 0 Å². The van der Waals surface area contributed by atoms with Crippen LogP contribution in [0.5, 0.6) is 0 Å². The summed E-state index contributed by atoms with van der Waals surface area (Å²) in [5.74, 6) is 1.73. The van der Waals surface area contributed by atoms with Gasteiger partial charge in [-0.05, 0) is 32.6 Å². The Morgan fingerprint density at radius 3 is 2.93 bits per heavy atom. The number of hydrogen-bond donors (Lipinski definition) is 0. The van der Waals surface area contributed by atoms with E-state index in [0.29, 0.717) is 5.88 Å². The van der Waals surface area contributed by atoms with Gasteiger partial charge in [0.25, 0.3) is 0 Å². The molecular formula is C12H17ClN2. The molecule has 0 saturated carbocycles. The van der Waals surface area contributed by atoms with Crippen molar-refractivity contribution in [2.45, 2.75) is 39.2 Å². The van der Waals surface area contributed by atoms with Crippen LogP contribution in [0.2, 0.25) is 0 Å². The van der Waals surface area contributed by atoms with E-state index in [9.17, 15) is 0 Å². The maximum atomic E-state index is 5.61. The Bertz CT molecular complexity index is 366. The lowest BCUT2D eigenvalue weighted by molar-refractivity contribution is 0.628. The number of nitrogens with zero attached hydrogens (tertiary/aromatic N) is 2. The van der Waals surface area contributed by atoms with Crippen LogP contribution < -0.4 is 0 Å². The van der Waals surface area contributed by atoms with Crippen molar-refractivity contribution in [3.8, 4) is 0 Å². The van der Waals surface area contributed by atoms with Crippen LogP contribution in [0.4, 0.5) is 0 Å². The van der Waals surface area contributed by atoms with Crippen LogP contribution in [0.1, 0.15) is 30.1 Å². The molecule has 0 aromatic carbocycles. The van der Waals surface area contributed by atoms with E-state index in [1.54, 1.807) is 0 Å². The van der Waals surface area contributed by atoms with Crippen LogP contribution in [-0.2, 0) is 19.4 Å². The van der Waals surface area contributed by atoms with Crippen molar-refractivity contribution < 1.29 is 0 Å². The molecule has 0 amide bonds. The molecule has 0 bridgehead atoms. The van der Waals surface area contributed by atoms with Gasteiger partial charge in [-0.2, -0.15) is 0 Å². The fraction of sp³-hybridized carbons (Fsp3) is 0.583. The zero-order valence-corrected chi connectivity index (χ0v) is 9.93. The molecule has 1 aliphatic rings. The fourth-order valence-electron chi connectivity index (χ4n) is 2.22. The van der Waals surface area contributed by atoms with Crippen LogP contribution in [0, 0.1) is 6.92 Å². The first-order valence-corrected chi connectivity index (χ1v) is 6.12. The van der Waals surface area contributed by atoms with Gasteiger partial charge in [-0.25, -0.2) is 4.98 Å². The number of fused-ring (bicyclic) bond motifs is 1. The number of aromatic nitrogens is 2. The Morgan fingerprint density at radius 1 is 1.33 bits per heavy atom. The quantitative estimate of drug-likeness (QED) is 0.570. The van der Waals surface area contributed by atoms with Crippen molar-refractivity contribution in [3.63, 3.8) is 0 Å². The number of allylic oxidation sites excluding steroid dienone is 2. The van der Waals surface area contributed by atoms with Gasteiger partial charge in [-0.1, -0.05) is 12.2 Å². The van der Waals surface area contributed by atoms with E-state index in [1.165, 1.54) is 30.7 Å². The van der Waals surface area contributed by atoms with Crippen LogP contribution in [0.3, 0.4) is 0 Å². The van der Waals surface area contributed by atoms with Crippen molar-refractivity contribution in [1.82, 2.24) is 9.55 Å². The van der Waals surface area contributed by atoms with Gasteiger partial charge in [0, 0.05) is 18.1 Å². The lowest BCUT2D eigenvalue weighted by atomic mass is 10.0. The second-order valence-electron chi connectivity index (χ2n) is 4.00. The summed E-state index contributed by atoms with van der Waals surface area (Å²) >= 11 is 5.61. The summed E-state index contributed by atoms with van der Waals surface area (Å²) in [4.78, 5) is 4.63. The highest BCUT2D eigenvalue weighted by molar-refractivity contribution is 6.18. The SMILES string of the molecule is Cc1nc2c(n1C/C=C/CCl)CCCC2. The minimum atomic E-state index is 0.593. The van der Waals surface area contributed by atoms with Gasteiger partial charge in [0.2, 0.25) is 0 Å². The molecule has 15 heavy (non-hydrogen) atoms. The molecule has 1 heterocycles. The fourth-order valence-corrected chi connectivity index (χ4v) is 2.35. The highest BCUT2D eigenvalue weighted by atomic mass is 35.5. The molecule has 1 aromatic rings. The van der Waals surface area contributed by atoms with Gasteiger partial charge < -0.3 is 4.57 Å². The summed E-state index contributed by atoms with van der Waals surface area (Å²) in [5.41, 5.74) is 2.76. The predicted octanol–water partition coefficient (Wildman–Crippen LogP) is 2.87. The smallest absolute Gasteiger partial charge is 0.106 e. The van der Waals surface area contributed by atoms with Gasteiger partial charge in [0.15, 0.2) is 0 Å². The molecule has 1 aromatic heterocycles. The normalized spacial score (nSPS) is 15.9. The van der Waals surface area contributed by atoms with E-state index in [-0.39, 0.29) is 0 Å². The molecule has 82 valence electrons. The first-order valence-electron chi connectivity index (χ1n) is 5.58. The molecule has 0 radical (unpaired) electrons. The lowest BCUT2D eigenvalue weighted by Gasteiger charge is -2.13. The van der Waals surface area contributed by atoms with Gasteiger partial charge in [0.05, 0.1) is 5.69 Å². The summed E-state index contributed by atoms with van der Waals surface area (Å²) in [5, 5.41) is 0. The summed E-state index contributed by atoms with van der Waals surface area (Å²) in [6, 6.07) is 0. The Kier molecular flexibility index (Phi) is 3.47. The Hall–Kier alpha value is -0.760. The molecule has 0 N–H and O–H groups in total. The minimum absolute atomic E-state index is 0.593. The lowest BCUT2D eigenvalue weighted by Crippen LogP contribution is -2.08. The third-order valence-electron chi connectivity index (χ3n) is 2.97. The van der Waals surface area contributed by atoms with Crippen LogP contribution in [0.15, 0.2) is 12.2 Å². The maximum absolute atomic E-state index is 5.61. The largest absolute Gasteiger partial charge is 0.328 e. The van der Waals surface area contributed by atoms with Gasteiger partial charge >= 0.3 is 0 Å². The van der Waals surface area contributed by atoms with Gasteiger partial charge in [0.1, 0.15) is 5.82 Å².